The summed E-state index contributed by atoms with van der Waals surface area (Å²) in [6.45, 7) is 0.875. The third kappa shape index (κ3) is 2.01. The van der Waals surface area contributed by atoms with E-state index < -0.39 is 12.1 Å². The highest BCUT2D eigenvalue weighted by Crippen LogP contribution is 2.21. The molecule has 0 spiro atoms. The first-order chi connectivity index (χ1) is 9.15. The summed E-state index contributed by atoms with van der Waals surface area (Å²) in [6.07, 6.45) is 1.10. The maximum Gasteiger partial charge on any atom is 0.407 e. The molecule has 1 aliphatic heterocycles. The fourth-order valence-corrected chi connectivity index (χ4v) is 2.34. The fraction of sp³-hybridized carbons (Fsp3) is 0.231. The topological polar surface area (TPSA) is 80.6 Å². The number of nitrogens with one attached hydrogen (secondary N) is 1. The van der Waals surface area contributed by atoms with E-state index in [4.69, 9.17) is 4.74 Å². The van der Waals surface area contributed by atoms with Gasteiger partial charge in [0.05, 0.1) is 24.2 Å². The van der Waals surface area contributed by atoms with Crippen LogP contribution in [0.1, 0.15) is 10.4 Å². The molecule has 3 rings (SSSR count). The van der Waals surface area contributed by atoms with Crippen LogP contribution in [0.25, 0.3) is 10.9 Å². The van der Waals surface area contributed by atoms with Gasteiger partial charge in [0.15, 0.2) is 0 Å². The molecule has 6 heteroatoms. The molecule has 1 saturated heterocycles. The van der Waals surface area contributed by atoms with Crippen molar-refractivity contribution in [3.05, 3.63) is 36.0 Å². The number of carboxylic acid groups (broad SMARTS) is 1. The molecule has 6 nitrogen and oxygen atoms in total. The molecule has 0 radical (unpaired) electrons. The lowest BCUT2D eigenvalue weighted by molar-refractivity contribution is 0.0698. The van der Waals surface area contributed by atoms with E-state index >= 15 is 0 Å². The number of aromatic carboxylic acids is 1. The highest BCUT2D eigenvalue weighted by atomic mass is 16.6. The van der Waals surface area contributed by atoms with Gasteiger partial charge in [-0.2, -0.15) is 0 Å². The van der Waals surface area contributed by atoms with Crippen LogP contribution in [0.4, 0.5) is 4.79 Å². The molecule has 0 saturated carbocycles. The van der Waals surface area contributed by atoms with Gasteiger partial charge in [-0.15, -0.1) is 0 Å². The van der Waals surface area contributed by atoms with Crippen LogP contribution in [-0.2, 0) is 11.3 Å². The molecule has 2 heterocycles. The van der Waals surface area contributed by atoms with Crippen LogP contribution < -0.4 is 5.32 Å². The van der Waals surface area contributed by atoms with E-state index in [1.165, 1.54) is 0 Å². The smallest absolute Gasteiger partial charge is 0.407 e. The third-order valence-corrected chi connectivity index (χ3v) is 3.17. The van der Waals surface area contributed by atoms with Gasteiger partial charge in [0.25, 0.3) is 0 Å². The molecule has 98 valence electrons. The molecule has 19 heavy (non-hydrogen) atoms. The summed E-state index contributed by atoms with van der Waals surface area (Å²) in [5, 5.41) is 12.7. The zero-order chi connectivity index (χ0) is 13.4. The molecule has 1 unspecified atom stereocenters. The SMILES string of the molecule is O=C1NCC(Cn2ccc3cccc(C(=O)O)c32)O1. The summed E-state index contributed by atoms with van der Waals surface area (Å²) in [6, 6.07) is 7.00. The van der Waals surface area contributed by atoms with Crippen LogP contribution in [0.5, 0.6) is 0 Å². The zero-order valence-corrected chi connectivity index (χ0v) is 10.00. The third-order valence-electron chi connectivity index (χ3n) is 3.17. The predicted octanol–water partition coefficient (Wildman–Crippen LogP) is 1.45. The van der Waals surface area contributed by atoms with Gasteiger partial charge in [-0.25, -0.2) is 9.59 Å². The molecule has 1 atom stereocenters. The Bertz CT molecular complexity index is 662. The highest BCUT2D eigenvalue weighted by Gasteiger charge is 2.23. The van der Waals surface area contributed by atoms with Gasteiger partial charge in [-0.05, 0) is 12.1 Å². The minimum atomic E-state index is -0.966. The van der Waals surface area contributed by atoms with E-state index in [1.807, 2.05) is 22.9 Å². The average molecular weight is 260 g/mol. The molecule has 2 aromatic rings. The monoisotopic (exact) mass is 260 g/mol. The molecule has 1 aromatic heterocycles. The Morgan fingerprint density at radius 1 is 1.47 bits per heavy atom. The van der Waals surface area contributed by atoms with Crippen molar-refractivity contribution >= 4 is 23.0 Å². The second kappa shape index (κ2) is 4.31. The van der Waals surface area contributed by atoms with E-state index in [9.17, 15) is 14.7 Å². The van der Waals surface area contributed by atoms with E-state index in [1.54, 1.807) is 12.1 Å². The number of rotatable bonds is 3. The lowest BCUT2D eigenvalue weighted by atomic mass is 10.1. The predicted molar refractivity (Wildman–Crippen MR) is 67.2 cm³/mol. The number of hydrogen-bond donors (Lipinski definition) is 2. The van der Waals surface area contributed by atoms with Crippen LogP contribution in [0.15, 0.2) is 30.5 Å². The molecule has 0 bridgehead atoms. The summed E-state index contributed by atoms with van der Waals surface area (Å²) < 4.78 is 6.87. The Labute approximate surface area is 108 Å². The number of hydrogen-bond acceptors (Lipinski definition) is 3. The number of carbonyl (C=O) groups excluding carboxylic acids is 1. The maximum atomic E-state index is 11.2. The van der Waals surface area contributed by atoms with Crippen molar-refractivity contribution in [2.24, 2.45) is 0 Å². The number of para-hydroxylation sites is 1. The number of carbonyl (C=O) groups is 2. The summed E-state index contributed by atoms with van der Waals surface area (Å²) in [7, 11) is 0. The fourth-order valence-electron chi connectivity index (χ4n) is 2.34. The van der Waals surface area contributed by atoms with Crippen molar-refractivity contribution < 1.29 is 19.4 Å². The normalized spacial score (nSPS) is 18.3. The molecule has 0 aliphatic carbocycles. The van der Waals surface area contributed by atoms with E-state index in [2.05, 4.69) is 5.32 Å². The Balaban J connectivity index is 1.99. The van der Waals surface area contributed by atoms with Gasteiger partial charge in [-0.1, -0.05) is 12.1 Å². The Kier molecular flexibility index (Phi) is 2.63. The van der Waals surface area contributed by atoms with Crippen molar-refractivity contribution in [2.75, 3.05) is 6.54 Å². The lowest BCUT2D eigenvalue weighted by Gasteiger charge is -2.11. The van der Waals surface area contributed by atoms with Crippen LogP contribution >= 0.6 is 0 Å². The van der Waals surface area contributed by atoms with Crippen molar-refractivity contribution in [1.82, 2.24) is 9.88 Å². The first-order valence-electron chi connectivity index (χ1n) is 5.91. The van der Waals surface area contributed by atoms with Crippen LogP contribution in [0.3, 0.4) is 0 Å². The number of amides is 1. The molecule has 1 fully saturated rings. The zero-order valence-electron chi connectivity index (χ0n) is 10.00. The van der Waals surface area contributed by atoms with Gasteiger partial charge in [0.1, 0.15) is 6.10 Å². The first-order valence-corrected chi connectivity index (χ1v) is 5.91. The maximum absolute atomic E-state index is 11.2. The van der Waals surface area contributed by atoms with Crippen LogP contribution in [0.2, 0.25) is 0 Å². The number of carboxylic acids is 1. The van der Waals surface area contributed by atoms with Gasteiger partial charge in [0, 0.05) is 11.6 Å². The highest BCUT2D eigenvalue weighted by molar-refractivity contribution is 6.02. The number of cyclic esters (lactones) is 1. The van der Waals surface area contributed by atoms with Gasteiger partial charge in [0.2, 0.25) is 0 Å². The average Bonchev–Trinajstić information content (AvgIpc) is 2.97. The van der Waals surface area contributed by atoms with E-state index in [0.29, 0.717) is 18.6 Å². The minimum absolute atomic E-state index is 0.250. The Morgan fingerprint density at radius 3 is 3.00 bits per heavy atom. The van der Waals surface area contributed by atoms with Crippen molar-refractivity contribution in [3.63, 3.8) is 0 Å². The first kappa shape index (κ1) is 11.6. The lowest BCUT2D eigenvalue weighted by Crippen LogP contribution is -2.20. The van der Waals surface area contributed by atoms with Crippen molar-refractivity contribution in [3.8, 4) is 0 Å². The molecule has 1 amide bonds. The Morgan fingerprint density at radius 2 is 2.32 bits per heavy atom. The number of benzene rings is 1. The molecular formula is C13H12N2O4. The van der Waals surface area contributed by atoms with Crippen LogP contribution in [0, 0.1) is 0 Å². The summed E-state index contributed by atoms with van der Waals surface area (Å²) in [5.74, 6) is -0.966. The second-order valence-corrected chi connectivity index (χ2v) is 4.42. The number of ether oxygens (including phenoxy) is 1. The standard InChI is InChI=1S/C13H12N2O4/c16-12(17)10-3-1-2-8-4-5-15(11(8)10)7-9-6-14-13(18)19-9/h1-5,9H,6-7H2,(H,14,18)(H,16,17). The number of aromatic nitrogens is 1. The van der Waals surface area contributed by atoms with Crippen molar-refractivity contribution in [2.45, 2.75) is 12.6 Å². The summed E-state index contributed by atoms with van der Waals surface area (Å²) >= 11 is 0. The minimum Gasteiger partial charge on any atom is -0.478 e. The largest absolute Gasteiger partial charge is 0.478 e. The Hall–Kier alpha value is -2.50. The molecule has 2 N–H and O–H groups in total. The quantitative estimate of drug-likeness (QED) is 0.875. The molecule has 1 aliphatic rings. The van der Waals surface area contributed by atoms with E-state index in [-0.39, 0.29) is 11.7 Å². The number of alkyl carbamates (subject to hydrolysis) is 1. The second-order valence-electron chi connectivity index (χ2n) is 4.42. The van der Waals surface area contributed by atoms with Crippen LogP contribution in [-0.4, -0.2) is 34.4 Å². The summed E-state index contributed by atoms with van der Waals surface area (Å²) in [4.78, 5) is 22.2. The van der Waals surface area contributed by atoms with Crippen molar-refractivity contribution in [1.29, 1.82) is 0 Å². The summed E-state index contributed by atoms with van der Waals surface area (Å²) in [5.41, 5.74) is 0.901. The number of fused-ring (bicyclic) bond motifs is 1. The molecule has 1 aromatic carbocycles. The molecular weight excluding hydrogens is 248 g/mol. The van der Waals surface area contributed by atoms with Gasteiger partial charge < -0.3 is 19.7 Å². The number of nitrogens with zero attached hydrogens (tertiary/aromatic N) is 1. The van der Waals surface area contributed by atoms with Gasteiger partial charge in [-0.3, -0.25) is 0 Å². The van der Waals surface area contributed by atoms with Gasteiger partial charge >= 0.3 is 12.1 Å². The van der Waals surface area contributed by atoms with E-state index in [0.717, 1.165) is 5.39 Å².